The van der Waals surface area contributed by atoms with Gasteiger partial charge in [0.1, 0.15) is 6.04 Å². The molecule has 0 radical (unpaired) electrons. The molecule has 2 N–H and O–H groups in total. The first-order valence-electron chi connectivity index (χ1n) is 9.03. The summed E-state index contributed by atoms with van der Waals surface area (Å²) in [5.41, 5.74) is 0.212. The van der Waals surface area contributed by atoms with Crippen molar-refractivity contribution in [2.24, 2.45) is 11.8 Å². The van der Waals surface area contributed by atoms with Crippen LogP contribution in [0.5, 0.6) is 0 Å². The average Bonchev–Trinajstić information content (AvgIpc) is 2.59. The van der Waals surface area contributed by atoms with Gasteiger partial charge in [-0.2, -0.15) is 13.2 Å². The summed E-state index contributed by atoms with van der Waals surface area (Å²) < 4.78 is 39.7. The van der Waals surface area contributed by atoms with E-state index in [1.54, 1.807) is 32.0 Å². The summed E-state index contributed by atoms with van der Waals surface area (Å²) in [6.07, 6.45) is -2.94. The van der Waals surface area contributed by atoms with Crippen molar-refractivity contribution in [3.05, 3.63) is 34.9 Å². The van der Waals surface area contributed by atoms with E-state index < -0.39 is 36.0 Å². The van der Waals surface area contributed by atoms with Gasteiger partial charge in [0.25, 0.3) is 5.91 Å². The fourth-order valence-electron chi connectivity index (χ4n) is 3.37. The topological polar surface area (TPSA) is 58.2 Å². The number of carbonyl (C=O) groups excluding carboxylic acids is 2. The number of hydrogen-bond donors (Lipinski definition) is 2. The highest BCUT2D eigenvalue weighted by atomic mass is 35.5. The number of carbonyl (C=O) groups is 2. The lowest BCUT2D eigenvalue weighted by molar-refractivity contribution is -0.189. The van der Waals surface area contributed by atoms with Gasteiger partial charge in [-0.25, -0.2) is 0 Å². The maximum absolute atomic E-state index is 13.2. The third-order valence-electron chi connectivity index (χ3n) is 4.87. The van der Waals surface area contributed by atoms with Gasteiger partial charge in [-0.1, -0.05) is 50.4 Å². The average molecular weight is 405 g/mol. The van der Waals surface area contributed by atoms with Gasteiger partial charge in [0, 0.05) is 6.04 Å². The molecule has 0 spiro atoms. The third kappa shape index (κ3) is 5.61. The van der Waals surface area contributed by atoms with Crippen molar-refractivity contribution >= 4 is 23.4 Å². The van der Waals surface area contributed by atoms with Crippen molar-refractivity contribution in [3.63, 3.8) is 0 Å². The van der Waals surface area contributed by atoms with E-state index in [1.807, 2.05) is 0 Å². The van der Waals surface area contributed by atoms with Gasteiger partial charge in [-0.05, 0) is 30.9 Å². The maximum atomic E-state index is 13.2. The van der Waals surface area contributed by atoms with E-state index in [0.29, 0.717) is 12.8 Å². The number of rotatable bonds is 5. The summed E-state index contributed by atoms with van der Waals surface area (Å²) in [7, 11) is 0. The molecule has 1 aliphatic rings. The fraction of sp³-hybridized carbons (Fsp3) is 0.579. The highest BCUT2D eigenvalue weighted by Gasteiger charge is 2.46. The first kappa shape index (κ1) is 21.5. The third-order valence-corrected chi connectivity index (χ3v) is 5.20. The quantitative estimate of drug-likeness (QED) is 0.767. The molecule has 27 heavy (non-hydrogen) atoms. The Hall–Kier alpha value is -1.76. The van der Waals surface area contributed by atoms with Gasteiger partial charge in [-0.3, -0.25) is 9.59 Å². The van der Waals surface area contributed by atoms with Crippen LogP contribution in [0.15, 0.2) is 24.3 Å². The molecule has 3 atom stereocenters. The Kier molecular flexibility index (Phi) is 7.14. The molecule has 8 heteroatoms. The predicted molar refractivity (Wildman–Crippen MR) is 97.5 cm³/mol. The lowest BCUT2D eigenvalue weighted by atomic mass is 9.83. The molecule has 1 aromatic rings. The number of amides is 2. The largest absolute Gasteiger partial charge is 0.393 e. The molecule has 4 nitrogen and oxygen atoms in total. The van der Waals surface area contributed by atoms with Crippen molar-refractivity contribution in [2.45, 2.75) is 57.8 Å². The first-order chi connectivity index (χ1) is 12.6. The molecule has 3 unspecified atom stereocenters. The van der Waals surface area contributed by atoms with Crippen molar-refractivity contribution in [1.29, 1.82) is 0 Å². The second kappa shape index (κ2) is 8.95. The monoisotopic (exact) mass is 404 g/mol. The van der Waals surface area contributed by atoms with Crippen molar-refractivity contribution < 1.29 is 22.8 Å². The Labute approximate surface area is 161 Å². The van der Waals surface area contributed by atoms with Gasteiger partial charge in [0.15, 0.2) is 0 Å². The lowest BCUT2D eigenvalue weighted by Gasteiger charge is -2.35. The minimum Gasteiger partial charge on any atom is -0.351 e. The molecule has 1 aliphatic carbocycles. The second-order valence-corrected chi connectivity index (χ2v) is 7.63. The van der Waals surface area contributed by atoms with E-state index >= 15 is 0 Å². The highest BCUT2D eigenvalue weighted by molar-refractivity contribution is 6.33. The molecule has 0 heterocycles. The standard InChI is InChI=1S/C19H24ClF3N2O2/c1-11(2)16(25-17(26)12-7-3-5-9-14(12)20)18(27)24-15-10-6-4-8-13(15)19(21,22)23/h3,5,7,9,11,13,15-16H,4,6,8,10H2,1-2H3,(H,24,27)(H,25,26). The van der Waals surface area contributed by atoms with Gasteiger partial charge in [-0.15, -0.1) is 0 Å². The van der Waals surface area contributed by atoms with E-state index in [9.17, 15) is 22.8 Å². The van der Waals surface area contributed by atoms with E-state index in [0.717, 1.165) is 0 Å². The Bertz CT molecular complexity index is 679. The van der Waals surface area contributed by atoms with Gasteiger partial charge in [0.2, 0.25) is 5.91 Å². The summed E-state index contributed by atoms with van der Waals surface area (Å²) in [5, 5.41) is 5.36. The zero-order chi connectivity index (χ0) is 20.2. The Balaban J connectivity index is 2.10. The van der Waals surface area contributed by atoms with Crippen LogP contribution in [0.25, 0.3) is 0 Å². The summed E-state index contributed by atoms with van der Waals surface area (Å²) in [6, 6.07) is 4.46. The van der Waals surface area contributed by atoms with Crippen LogP contribution in [0, 0.1) is 11.8 Å². The van der Waals surface area contributed by atoms with Crippen LogP contribution in [0.3, 0.4) is 0 Å². The molecular formula is C19H24ClF3N2O2. The first-order valence-corrected chi connectivity index (χ1v) is 9.41. The molecule has 1 fully saturated rings. The molecule has 1 saturated carbocycles. The van der Waals surface area contributed by atoms with Crippen LogP contribution in [-0.4, -0.2) is 30.1 Å². The summed E-state index contributed by atoms with van der Waals surface area (Å²) >= 11 is 6.00. The fourth-order valence-corrected chi connectivity index (χ4v) is 3.59. The molecule has 2 rings (SSSR count). The number of nitrogens with one attached hydrogen (secondary N) is 2. The minimum absolute atomic E-state index is 0.00672. The zero-order valence-corrected chi connectivity index (χ0v) is 16.0. The lowest BCUT2D eigenvalue weighted by Crippen LogP contribution is -2.55. The van der Waals surface area contributed by atoms with Crippen LogP contribution in [0.4, 0.5) is 13.2 Å². The zero-order valence-electron chi connectivity index (χ0n) is 15.3. The SMILES string of the molecule is CC(C)C(NC(=O)c1ccccc1Cl)C(=O)NC1CCCCC1C(F)(F)F. The number of alkyl halides is 3. The van der Waals surface area contributed by atoms with Crippen LogP contribution < -0.4 is 10.6 Å². The summed E-state index contributed by atoms with van der Waals surface area (Å²) in [5.74, 6) is -3.00. The van der Waals surface area contributed by atoms with Crippen LogP contribution in [0.1, 0.15) is 49.9 Å². The molecule has 150 valence electrons. The normalized spacial score (nSPS) is 21.6. The molecule has 0 saturated heterocycles. The Morgan fingerprint density at radius 1 is 1.15 bits per heavy atom. The minimum atomic E-state index is -4.35. The van der Waals surface area contributed by atoms with Crippen molar-refractivity contribution in [1.82, 2.24) is 10.6 Å². The maximum Gasteiger partial charge on any atom is 0.393 e. The van der Waals surface area contributed by atoms with Crippen molar-refractivity contribution in [3.8, 4) is 0 Å². The molecular weight excluding hydrogens is 381 g/mol. The van der Waals surface area contributed by atoms with Crippen molar-refractivity contribution in [2.75, 3.05) is 0 Å². The highest BCUT2D eigenvalue weighted by Crippen LogP contribution is 2.37. The van der Waals surface area contributed by atoms with Crippen LogP contribution in [0.2, 0.25) is 5.02 Å². The number of hydrogen-bond acceptors (Lipinski definition) is 2. The molecule has 0 bridgehead atoms. The van der Waals surface area contributed by atoms with E-state index in [4.69, 9.17) is 11.6 Å². The van der Waals surface area contributed by atoms with E-state index in [-0.39, 0.29) is 29.3 Å². The smallest absolute Gasteiger partial charge is 0.351 e. The van der Waals surface area contributed by atoms with E-state index in [2.05, 4.69) is 10.6 Å². The summed E-state index contributed by atoms with van der Waals surface area (Å²) in [4.78, 5) is 25.1. The Morgan fingerprint density at radius 3 is 2.37 bits per heavy atom. The predicted octanol–water partition coefficient (Wildman–Crippen LogP) is 4.33. The van der Waals surface area contributed by atoms with E-state index in [1.165, 1.54) is 6.07 Å². The molecule has 2 amide bonds. The Morgan fingerprint density at radius 2 is 1.78 bits per heavy atom. The second-order valence-electron chi connectivity index (χ2n) is 7.22. The van der Waals surface area contributed by atoms with Crippen LogP contribution in [-0.2, 0) is 4.79 Å². The molecule has 0 aliphatic heterocycles. The molecule has 1 aromatic carbocycles. The van der Waals surface area contributed by atoms with Gasteiger partial charge in [0.05, 0.1) is 16.5 Å². The number of halogens is 4. The van der Waals surface area contributed by atoms with Crippen LogP contribution >= 0.6 is 11.6 Å². The summed E-state index contributed by atoms with van der Waals surface area (Å²) in [6.45, 7) is 3.44. The van der Waals surface area contributed by atoms with Gasteiger partial charge >= 0.3 is 6.18 Å². The van der Waals surface area contributed by atoms with Gasteiger partial charge < -0.3 is 10.6 Å². The number of benzene rings is 1. The molecule has 0 aromatic heterocycles.